The number of nitrogens with zero attached hydrogens (tertiary/aromatic N) is 4. The number of aromatic nitrogens is 5. The van der Waals surface area contributed by atoms with E-state index >= 15 is 0 Å². The molecule has 2 aromatic carbocycles. The van der Waals surface area contributed by atoms with Gasteiger partial charge in [-0.1, -0.05) is 11.8 Å². The summed E-state index contributed by atoms with van der Waals surface area (Å²) in [6.45, 7) is 0. The van der Waals surface area contributed by atoms with Gasteiger partial charge in [0.2, 0.25) is 0 Å². The zero-order valence-electron chi connectivity index (χ0n) is 13.3. The Morgan fingerprint density at radius 2 is 1.67 bits per heavy atom. The second-order valence-electron chi connectivity index (χ2n) is 5.48. The summed E-state index contributed by atoms with van der Waals surface area (Å²) in [4.78, 5) is 9.03. The molecule has 0 amide bonds. The van der Waals surface area contributed by atoms with Crippen LogP contribution in [0.15, 0.2) is 58.7 Å². The fourth-order valence-corrected chi connectivity index (χ4v) is 3.34. The van der Waals surface area contributed by atoms with Crippen molar-refractivity contribution >= 4 is 22.8 Å². The Kier molecular flexibility index (Phi) is 4.27. The first-order chi connectivity index (χ1) is 12.9. The van der Waals surface area contributed by atoms with E-state index in [1.165, 1.54) is 30.6 Å². The molecule has 0 fully saturated rings. The topological polar surface area (TPSA) is 67.3 Å². The van der Waals surface area contributed by atoms with Crippen molar-refractivity contribution in [2.45, 2.75) is 16.1 Å². The van der Waals surface area contributed by atoms with Gasteiger partial charge in [0, 0.05) is 22.9 Å². The monoisotopic (exact) mass is 391 g/mol. The Bertz CT molecular complexity index is 1110. The highest BCUT2D eigenvalue weighted by Gasteiger charge is 2.30. The highest BCUT2D eigenvalue weighted by molar-refractivity contribution is 7.99. The maximum absolute atomic E-state index is 14.2. The van der Waals surface area contributed by atoms with Gasteiger partial charge in [0.1, 0.15) is 21.8 Å². The molecule has 0 aliphatic heterocycles. The van der Waals surface area contributed by atoms with Gasteiger partial charge in [0.25, 0.3) is 0 Å². The van der Waals surface area contributed by atoms with E-state index in [4.69, 9.17) is 0 Å². The number of halogens is 4. The van der Waals surface area contributed by atoms with Crippen LogP contribution in [0.5, 0.6) is 0 Å². The molecule has 10 heteroatoms. The molecule has 1 N–H and O–H groups in total. The molecule has 2 aromatic heterocycles. The minimum Gasteiger partial charge on any atom is -0.252 e. The molecule has 0 radical (unpaired) electrons. The van der Waals surface area contributed by atoms with Crippen LogP contribution in [-0.4, -0.2) is 25.4 Å². The fraction of sp³-hybridized carbons (Fsp3) is 0.0588. The quantitative estimate of drug-likeness (QED) is 0.512. The van der Waals surface area contributed by atoms with Gasteiger partial charge in [0.05, 0.1) is 5.56 Å². The Hall–Kier alpha value is -3.01. The van der Waals surface area contributed by atoms with Crippen LogP contribution in [0, 0.1) is 5.82 Å². The van der Waals surface area contributed by atoms with Crippen molar-refractivity contribution in [3.05, 3.63) is 60.2 Å². The minimum atomic E-state index is -4.40. The smallest absolute Gasteiger partial charge is 0.252 e. The van der Waals surface area contributed by atoms with Gasteiger partial charge in [-0.15, -0.1) is 0 Å². The van der Waals surface area contributed by atoms with E-state index < -0.39 is 17.6 Å². The van der Waals surface area contributed by atoms with Crippen molar-refractivity contribution in [1.29, 1.82) is 0 Å². The Morgan fingerprint density at radius 1 is 0.926 bits per heavy atom. The lowest BCUT2D eigenvalue weighted by atomic mass is 10.1. The van der Waals surface area contributed by atoms with Gasteiger partial charge in [-0.3, -0.25) is 4.98 Å². The Labute approximate surface area is 153 Å². The number of fused-ring (bicyclic) bond motifs is 1. The molecule has 0 atom stereocenters. The molecule has 0 saturated carbocycles. The third kappa shape index (κ3) is 3.47. The summed E-state index contributed by atoms with van der Waals surface area (Å²) < 4.78 is 52.3. The van der Waals surface area contributed by atoms with Gasteiger partial charge in [-0.25, -0.2) is 9.37 Å². The lowest BCUT2D eigenvalue weighted by Crippen LogP contribution is -2.03. The fourth-order valence-electron chi connectivity index (χ4n) is 2.47. The molecule has 5 nitrogen and oxygen atoms in total. The van der Waals surface area contributed by atoms with E-state index in [-0.39, 0.29) is 5.52 Å². The molecule has 4 aromatic rings. The molecule has 0 aliphatic rings. The van der Waals surface area contributed by atoms with Crippen LogP contribution in [-0.2, 0) is 6.18 Å². The molecule has 0 unspecified atom stereocenters. The Morgan fingerprint density at radius 3 is 2.41 bits per heavy atom. The molecule has 0 saturated heterocycles. The lowest BCUT2D eigenvalue weighted by Gasteiger charge is -2.09. The third-order valence-electron chi connectivity index (χ3n) is 3.71. The molecular formula is C17H9F4N5S. The number of hydrogen-bond acceptors (Lipinski definition) is 5. The second-order valence-corrected chi connectivity index (χ2v) is 6.55. The number of hydrogen-bond donors (Lipinski definition) is 1. The molecule has 0 aliphatic carbocycles. The van der Waals surface area contributed by atoms with E-state index in [1.807, 2.05) is 0 Å². The first-order valence-electron chi connectivity index (χ1n) is 7.58. The average molecular weight is 391 g/mol. The van der Waals surface area contributed by atoms with Crippen molar-refractivity contribution in [3.63, 3.8) is 0 Å². The van der Waals surface area contributed by atoms with Crippen molar-refractivity contribution in [2.75, 3.05) is 0 Å². The van der Waals surface area contributed by atoms with Crippen LogP contribution < -0.4 is 0 Å². The summed E-state index contributed by atoms with van der Waals surface area (Å²) in [6, 6.07) is 7.59. The van der Waals surface area contributed by atoms with Crippen LogP contribution in [0.25, 0.3) is 22.3 Å². The summed E-state index contributed by atoms with van der Waals surface area (Å²) in [5.41, 5.74) is 0.549. The molecule has 27 heavy (non-hydrogen) atoms. The zero-order valence-corrected chi connectivity index (χ0v) is 14.1. The second kappa shape index (κ2) is 6.62. The summed E-state index contributed by atoms with van der Waals surface area (Å²) in [7, 11) is 0. The molecule has 0 bridgehead atoms. The van der Waals surface area contributed by atoms with Crippen LogP contribution in [0.2, 0.25) is 0 Å². The van der Waals surface area contributed by atoms with Crippen LogP contribution in [0.3, 0.4) is 0 Å². The van der Waals surface area contributed by atoms with Crippen LogP contribution >= 0.6 is 11.8 Å². The van der Waals surface area contributed by atoms with Gasteiger partial charge < -0.3 is 0 Å². The molecule has 2 heterocycles. The van der Waals surface area contributed by atoms with E-state index in [2.05, 4.69) is 25.4 Å². The lowest BCUT2D eigenvalue weighted by molar-refractivity contribution is -0.137. The van der Waals surface area contributed by atoms with Crippen molar-refractivity contribution in [3.8, 4) is 11.3 Å². The largest absolute Gasteiger partial charge is 0.416 e. The number of aromatic amines is 1. The zero-order chi connectivity index (χ0) is 19.0. The summed E-state index contributed by atoms with van der Waals surface area (Å²) >= 11 is 1.13. The van der Waals surface area contributed by atoms with Crippen LogP contribution in [0.4, 0.5) is 17.6 Å². The maximum atomic E-state index is 14.2. The van der Waals surface area contributed by atoms with Gasteiger partial charge >= 0.3 is 6.18 Å². The number of benzene rings is 2. The van der Waals surface area contributed by atoms with E-state index in [0.717, 1.165) is 23.9 Å². The van der Waals surface area contributed by atoms with E-state index in [1.54, 1.807) is 6.07 Å². The summed E-state index contributed by atoms with van der Waals surface area (Å²) in [5, 5.41) is 10.4. The maximum Gasteiger partial charge on any atom is 0.416 e. The molecule has 4 rings (SSSR count). The van der Waals surface area contributed by atoms with Crippen molar-refractivity contribution in [1.82, 2.24) is 25.4 Å². The van der Waals surface area contributed by atoms with E-state index in [0.29, 0.717) is 26.7 Å². The van der Waals surface area contributed by atoms with Crippen LogP contribution in [0.1, 0.15) is 5.56 Å². The molecule has 136 valence electrons. The number of H-pyrrole nitrogens is 1. The van der Waals surface area contributed by atoms with Crippen molar-refractivity contribution < 1.29 is 17.6 Å². The number of rotatable bonds is 3. The predicted molar refractivity (Wildman–Crippen MR) is 90.4 cm³/mol. The first kappa shape index (κ1) is 17.4. The highest BCUT2D eigenvalue weighted by Crippen LogP contribution is 2.36. The van der Waals surface area contributed by atoms with Gasteiger partial charge in [-0.2, -0.15) is 28.6 Å². The summed E-state index contributed by atoms with van der Waals surface area (Å²) in [5.74, 6) is -0.563. The highest BCUT2D eigenvalue weighted by atomic mass is 32.2. The number of nitrogens with one attached hydrogen (secondary N) is 1. The summed E-state index contributed by atoms with van der Waals surface area (Å²) in [6.07, 6.45) is -1.48. The van der Waals surface area contributed by atoms with Crippen molar-refractivity contribution in [2.24, 2.45) is 0 Å². The third-order valence-corrected chi connectivity index (χ3v) is 4.71. The minimum absolute atomic E-state index is 0.111. The average Bonchev–Trinajstić information content (AvgIpc) is 3.11. The predicted octanol–water partition coefficient (Wildman–Crippen LogP) is 4.72. The van der Waals surface area contributed by atoms with Gasteiger partial charge in [-0.05, 0) is 36.4 Å². The van der Waals surface area contributed by atoms with Gasteiger partial charge in [0.15, 0.2) is 5.82 Å². The normalized spacial score (nSPS) is 11.9. The molecule has 0 spiro atoms. The van der Waals surface area contributed by atoms with E-state index in [9.17, 15) is 17.6 Å². The SMILES string of the molecule is Fc1cc(-c2nccnc2Sc2ccc(C(F)(F)F)cc2)cc2n[nH]nc12. The Balaban J connectivity index is 1.70. The first-order valence-corrected chi connectivity index (χ1v) is 8.40. The molecular weight excluding hydrogens is 382 g/mol. The number of alkyl halides is 3. The standard InChI is InChI=1S/C17H9F4N5S/c18-12-7-9(8-13-15(12)25-26-24-13)14-16(23-6-5-22-14)27-11-3-1-10(2-4-11)17(19,20)21/h1-8H,(H,24,25,26).